The van der Waals surface area contributed by atoms with Gasteiger partial charge in [0.2, 0.25) is 5.60 Å². The van der Waals surface area contributed by atoms with Crippen LogP contribution < -0.4 is 10.3 Å². The molecule has 13 nitrogen and oxygen atoms in total. The minimum atomic E-state index is -4.12. The number of hydrogen-bond donors (Lipinski definition) is 2. The van der Waals surface area contributed by atoms with Crippen molar-refractivity contribution < 1.29 is 33.0 Å². The Balaban J connectivity index is 1.64. The van der Waals surface area contributed by atoms with Gasteiger partial charge in [0.05, 0.1) is 19.0 Å². The van der Waals surface area contributed by atoms with Crippen LogP contribution in [0.3, 0.4) is 0 Å². The number of nitrogens with two attached hydrogens (primary N) is 1. The maximum Gasteiger partial charge on any atom is 0.380 e. The van der Waals surface area contributed by atoms with Crippen molar-refractivity contribution in [2.75, 3.05) is 18.5 Å². The number of aliphatic hydroxyl groups excluding tert-OH is 1. The lowest BCUT2D eigenvalue weighted by atomic mass is 9.95. The summed E-state index contributed by atoms with van der Waals surface area (Å²) < 4.78 is 30.7. The topological polar surface area (TPSA) is 192 Å². The molecule has 2 aromatic heterocycles. The van der Waals surface area contributed by atoms with E-state index < -0.39 is 42.3 Å². The number of imidazole rings is 1. The Morgan fingerprint density at radius 3 is 2.69 bits per heavy atom. The number of nitrogens with zero attached hydrogens (tertiary/aromatic N) is 5. The summed E-state index contributed by atoms with van der Waals surface area (Å²) in [6.45, 7) is 3.80. The third kappa shape index (κ3) is 6.01. The van der Waals surface area contributed by atoms with Crippen molar-refractivity contribution >= 4 is 53.8 Å². The molecular weight excluding hydrogens is 610 g/mol. The lowest BCUT2D eigenvalue weighted by molar-refractivity contribution is -0.120. The van der Waals surface area contributed by atoms with E-state index in [4.69, 9.17) is 42.7 Å². The van der Waals surface area contributed by atoms with E-state index in [9.17, 15) is 24.5 Å². The average Bonchev–Trinajstić information content (AvgIpc) is 3.45. The molecule has 5 atom stereocenters. The number of nitrogen functional groups attached to an aromatic ring is 1. The second-order valence-electron chi connectivity index (χ2n) is 10.0. The third-order valence-corrected chi connectivity index (χ3v) is 9.95. The Morgan fingerprint density at radius 2 is 2.02 bits per heavy atom. The number of aliphatic hydroxyl groups is 1. The highest BCUT2D eigenvalue weighted by atomic mass is 35.5. The van der Waals surface area contributed by atoms with Crippen LogP contribution in [-0.4, -0.2) is 65.6 Å². The maximum atomic E-state index is 14.1. The molecule has 4 rings (SSSR count). The molecule has 1 aromatic carbocycles. The predicted octanol–water partition coefficient (Wildman–Crippen LogP) is 3.39. The van der Waals surface area contributed by atoms with Gasteiger partial charge in [-0.3, -0.25) is 9.32 Å². The second-order valence-corrected chi connectivity index (χ2v) is 13.5. The molecule has 0 bridgehead atoms. The van der Waals surface area contributed by atoms with Crippen LogP contribution in [-0.2, 0) is 35.4 Å². The Hall–Kier alpha value is -3.11. The van der Waals surface area contributed by atoms with Crippen LogP contribution in [0.1, 0.15) is 38.4 Å². The number of ketones is 2. The number of alkyl halides is 2. The molecule has 0 amide bonds. The fourth-order valence-electron chi connectivity index (χ4n) is 4.43. The summed E-state index contributed by atoms with van der Waals surface area (Å²) in [6, 6.07) is 8.63. The molecule has 1 aliphatic rings. The molecule has 16 heteroatoms. The number of carbonyl (C=O) groups is 2. The van der Waals surface area contributed by atoms with Crippen LogP contribution in [0, 0.1) is 17.2 Å². The molecule has 1 fully saturated rings. The summed E-state index contributed by atoms with van der Waals surface area (Å²) in [7, 11) is -4.12. The highest BCUT2D eigenvalue weighted by molar-refractivity contribution is 7.54. The maximum absolute atomic E-state index is 14.1. The van der Waals surface area contributed by atoms with E-state index in [1.165, 1.54) is 24.6 Å². The first-order valence-corrected chi connectivity index (χ1v) is 15.3. The molecular formula is C26H29Cl2N6O7P. The quantitative estimate of drug-likeness (QED) is 0.217. The van der Waals surface area contributed by atoms with E-state index in [0.717, 1.165) is 6.33 Å². The summed E-state index contributed by atoms with van der Waals surface area (Å²) >= 11 is 13.2. The van der Waals surface area contributed by atoms with Gasteiger partial charge in [-0.1, -0.05) is 48.3 Å². The molecule has 0 radical (unpaired) electrons. The number of ether oxygens (including phenoxy) is 1. The van der Waals surface area contributed by atoms with Crippen molar-refractivity contribution in [1.82, 2.24) is 19.6 Å². The number of benzene rings is 1. The number of nitriles is 1. The number of carbonyl (C=O) groups excluding carboxylic acids is 2. The van der Waals surface area contributed by atoms with E-state index in [0.29, 0.717) is 12.0 Å². The number of rotatable bonds is 12. The fourth-order valence-corrected chi connectivity index (χ4v) is 7.09. The zero-order valence-electron chi connectivity index (χ0n) is 22.9. The Bertz CT molecular complexity index is 1590. The molecule has 3 heterocycles. The van der Waals surface area contributed by atoms with Gasteiger partial charge >= 0.3 is 7.60 Å². The number of aryl methyl sites for hydroxylation is 1. The Kier molecular flexibility index (Phi) is 9.28. The van der Waals surface area contributed by atoms with Gasteiger partial charge in [0.1, 0.15) is 47.6 Å². The van der Waals surface area contributed by atoms with E-state index in [2.05, 4.69) is 15.1 Å². The Labute approximate surface area is 251 Å². The molecule has 1 unspecified atom stereocenters. The second kappa shape index (κ2) is 12.2. The zero-order chi connectivity index (χ0) is 30.9. The van der Waals surface area contributed by atoms with Gasteiger partial charge in [-0.15, -0.1) is 0 Å². The van der Waals surface area contributed by atoms with Gasteiger partial charge in [-0.05, 0) is 31.9 Å². The van der Waals surface area contributed by atoms with E-state index in [1.54, 1.807) is 31.2 Å². The number of hydrogen-bond acceptors (Lipinski definition) is 12. The predicted molar refractivity (Wildman–Crippen MR) is 152 cm³/mol. The van der Waals surface area contributed by atoms with Crippen LogP contribution >= 0.6 is 30.8 Å². The largest absolute Gasteiger partial charge is 0.424 e. The van der Waals surface area contributed by atoms with Gasteiger partial charge in [-0.25, -0.2) is 19.0 Å². The molecule has 3 aromatic rings. The van der Waals surface area contributed by atoms with Crippen molar-refractivity contribution in [3.63, 3.8) is 0 Å². The number of halogens is 2. The first kappa shape index (κ1) is 31.8. The smallest absolute Gasteiger partial charge is 0.380 e. The summed E-state index contributed by atoms with van der Waals surface area (Å²) in [5.41, 5.74) is 4.31. The molecule has 0 saturated carbocycles. The van der Waals surface area contributed by atoms with E-state index in [-0.39, 0.29) is 47.1 Å². The van der Waals surface area contributed by atoms with E-state index in [1.807, 2.05) is 6.07 Å². The number of aromatic nitrogens is 4. The lowest BCUT2D eigenvalue weighted by Gasteiger charge is -2.29. The highest BCUT2D eigenvalue weighted by Crippen LogP contribution is 2.56. The fraction of sp³-hybridized carbons (Fsp3) is 0.462. The van der Waals surface area contributed by atoms with Crippen molar-refractivity contribution in [2.24, 2.45) is 5.92 Å². The lowest BCUT2D eigenvalue weighted by Crippen LogP contribution is -2.45. The minimum absolute atomic E-state index is 0.0128. The summed E-state index contributed by atoms with van der Waals surface area (Å²) in [5.74, 6) is -0.768. The van der Waals surface area contributed by atoms with Crippen molar-refractivity contribution in [2.45, 2.75) is 55.8 Å². The first-order chi connectivity index (χ1) is 19.7. The van der Waals surface area contributed by atoms with Gasteiger partial charge < -0.3 is 24.9 Å². The molecule has 1 saturated heterocycles. The van der Waals surface area contributed by atoms with Gasteiger partial charge in [0.25, 0.3) is 0 Å². The van der Waals surface area contributed by atoms with Crippen molar-refractivity contribution in [3.8, 4) is 11.8 Å². The normalized spacial score (nSPS) is 23.6. The zero-order valence-corrected chi connectivity index (χ0v) is 25.3. The van der Waals surface area contributed by atoms with Gasteiger partial charge in [0, 0.05) is 12.3 Å². The molecule has 0 spiro atoms. The Morgan fingerprint density at radius 1 is 1.31 bits per heavy atom. The van der Waals surface area contributed by atoms with Crippen molar-refractivity contribution in [1.29, 1.82) is 5.26 Å². The van der Waals surface area contributed by atoms with Gasteiger partial charge in [-0.2, -0.15) is 10.4 Å². The number of fused-ring (bicyclic) bond motifs is 1. The minimum Gasteiger partial charge on any atom is -0.424 e. The van der Waals surface area contributed by atoms with Crippen LogP contribution in [0.2, 0.25) is 0 Å². The first-order valence-electron chi connectivity index (χ1n) is 12.8. The van der Waals surface area contributed by atoms with Crippen molar-refractivity contribution in [3.05, 3.63) is 48.0 Å². The summed E-state index contributed by atoms with van der Waals surface area (Å²) in [6.07, 6.45) is -0.495. The SMILES string of the molecule is CC(=O)CCc1ccccc1OP(=O)(C[C@@H](C)C(C)=O)OC[C@H]1O[C@@](C#N)(c2cnc3c(N)ncnn23)C(Cl)(Cl)[C@H]1O. The summed E-state index contributed by atoms with van der Waals surface area (Å²) in [5, 5.41) is 25.4. The molecule has 0 aliphatic carbocycles. The number of anilines is 1. The van der Waals surface area contributed by atoms with Gasteiger partial charge in [0.15, 0.2) is 15.8 Å². The number of Topliss-reactive ketones (excluding diaryl/α,β-unsaturated/α-hetero) is 2. The molecule has 3 N–H and O–H groups in total. The van der Waals surface area contributed by atoms with Crippen LogP contribution in [0.15, 0.2) is 36.8 Å². The third-order valence-electron chi connectivity index (χ3n) is 6.95. The monoisotopic (exact) mass is 638 g/mol. The molecule has 1 aliphatic heterocycles. The molecule has 42 heavy (non-hydrogen) atoms. The van der Waals surface area contributed by atoms with E-state index >= 15 is 0 Å². The summed E-state index contributed by atoms with van der Waals surface area (Å²) in [4.78, 5) is 31.6. The highest BCUT2D eigenvalue weighted by Gasteiger charge is 2.68. The van der Waals surface area contributed by atoms with Crippen LogP contribution in [0.25, 0.3) is 5.65 Å². The number of para-hydroxylation sites is 1. The average molecular weight is 639 g/mol. The molecule has 224 valence electrons. The van der Waals surface area contributed by atoms with Crippen LogP contribution in [0.4, 0.5) is 5.82 Å². The van der Waals surface area contributed by atoms with Crippen LogP contribution in [0.5, 0.6) is 5.75 Å². The standard InChI is InChI=1S/C26H29Cl2N6O7P/c1-15(17(3)36)12-42(38,41-19-7-5-4-6-18(19)9-8-16(2)35)39-11-20-22(37)26(27,28)25(13-29,40-20)21-10-31-24-23(30)32-14-33-34(21)24/h4-7,10,14-15,20,22,37H,8-9,11-12H2,1-3H3,(H2,30,32,33)/t15-,20-,22+,25+,42?/m1/s1.